The molecule has 4 nitrogen and oxygen atoms in total. The third kappa shape index (κ3) is 12.5. The molecule has 48 heavy (non-hydrogen) atoms. The molecule has 0 amide bonds. The first-order valence-electron chi connectivity index (χ1n) is 17.3. The average molecular weight is 651 g/mol. The van der Waals surface area contributed by atoms with Crippen LogP contribution in [-0.4, -0.2) is 23.6 Å². The first-order chi connectivity index (χ1) is 22.5. The fraction of sp³-hybridized carbons (Fsp3) is 0.432. The fourth-order valence-electron chi connectivity index (χ4n) is 5.94. The Morgan fingerprint density at radius 2 is 1.17 bits per heavy atom. The predicted molar refractivity (Wildman–Crippen MR) is 202 cm³/mol. The van der Waals surface area contributed by atoms with E-state index >= 15 is 0 Å². The lowest BCUT2D eigenvalue weighted by Gasteiger charge is -2.36. The van der Waals surface area contributed by atoms with E-state index < -0.39 is 6.10 Å². The van der Waals surface area contributed by atoms with Crippen molar-refractivity contribution in [1.29, 1.82) is 0 Å². The summed E-state index contributed by atoms with van der Waals surface area (Å²) in [6.45, 7) is 22.6. The van der Waals surface area contributed by atoms with Gasteiger partial charge >= 0.3 is 5.97 Å². The number of carbonyl (C=O) groups is 3. The summed E-state index contributed by atoms with van der Waals surface area (Å²) in [4.78, 5) is 37.1. The molecular weight excluding hydrogens is 592 g/mol. The first kappa shape index (κ1) is 40.1. The van der Waals surface area contributed by atoms with E-state index in [9.17, 15) is 14.4 Å². The maximum atomic E-state index is 12.9. The minimum atomic E-state index is -0.702. The molecule has 0 aromatic carbocycles. The SMILES string of the molecule is CCCC(=O)OC1CC(C)(C)C(/C=C/C(C)=C/C=C/C(C)=C/C=C/C=C(C)/C=C/C=C(C)/C=C/C2=C(C)C(=O)CCC2(C)C)=C(C)C1=O. The maximum Gasteiger partial charge on any atom is 0.306 e. The van der Waals surface area contributed by atoms with Gasteiger partial charge in [0.2, 0.25) is 0 Å². The molecule has 0 saturated heterocycles. The molecule has 0 aliphatic heterocycles. The van der Waals surface area contributed by atoms with Gasteiger partial charge < -0.3 is 4.74 Å². The molecule has 2 aliphatic rings. The normalized spacial score (nSPS) is 21.8. The van der Waals surface area contributed by atoms with E-state index in [-0.39, 0.29) is 28.4 Å². The van der Waals surface area contributed by atoms with Gasteiger partial charge in [0.05, 0.1) is 0 Å². The van der Waals surface area contributed by atoms with E-state index in [0.29, 0.717) is 31.3 Å². The summed E-state index contributed by atoms with van der Waals surface area (Å²) in [5, 5.41) is 0. The summed E-state index contributed by atoms with van der Waals surface area (Å²) in [6.07, 6.45) is 31.2. The van der Waals surface area contributed by atoms with Crippen LogP contribution in [0.4, 0.5) is 0 Å². The van der Waals surface area contributed by atoms with Gasteiger partial charge in [0.15, 0.2) is 17.7 Å². The molecule has 0 saturated carbocycles. The number of ketones is 2. The summed E-state index contributed by atoms with van der Waals surface area (Å²) in [6, 6.07) is 0. The largest absolute Gasteiger partial charge is 0.454 e. The highest BCUT2D eigenvalue weighted by molar-refractivity contribution is 6.01. The molecule has 0 N–H and O–H groups in total. The topological polar surface area (TPSA) is 60.4 Å². The first-order valence-corrected chi connectivity index (χ1v) is 17.3. The van der Waals surface area contributed by atoms with Gasteiger partial charge in [-0.2, -0.15) is 0 Å². The Hall–Kier alpha value is -4.05. The van der Waals surface area contributed by atoms with Crippen LogP contribution < -0.4 is 0 Å². The highest BCUT2D eigenvalue weighted by Gasteiger charge is 2.39. The van der Waals surface area contributed by atoms with Gasteiger partial charge in [-0.15, -0.1) is 0 Å². The zero-order valence-electron chi connectivity index (χ0n) is 31.3. The summed E-state index contributed by atoms with van der Waals surface area (Å²) in [7, 11) is 0. The number of rotatable bonds is 13. The Kier molecular flexibility index (Phi) is 15.5. The van der Waals surface area contributed by atoms with Crippen molar-refractivity contribution in [3.8, 4) is 0 Å². The quantitative estimate of drug-likeness (QED) is 0.147. The maximum absolute atomic E-state index is 12.9. The van der Waals surface area contributed by atoms with Crippen LogP contribution in [0.15, 0.2) is 130 Å². The van der Waals surface area contributed by atoms with E-state index in [4.69, 9.17) is 4.74 Å². The van der Waals surface area contributed by atoms with E-state index in [2.05, 4.69) is 97.1 Å². The van der Waals surface area contributed by atoms with Crippen molar-refractivity contribution in [3.63, 3.8) is 0 Å². The molecule has 1 unspecified atom stereocenters. The van der Waals surface area contributed by atoms with Gasteiger partial charge in [0, 0.05) is 19.3 Å². The number of allylic oxidation sites excluding steroid dienone is 21. The van der Waals surface area contributed by atoms with Crippen LogP contribution >= 0.6 is 0 Å². The summed E-state index contributed by atoms with van der Waals surface area (Å²) < 4.78 is 5.51. The molecule has 2 aliphatic carbocycles. The van der Waals surface area contributed by atoms with Gasteiger partial charge in [-0.25, -0.2) is 0 Å². The van der Waals surface area contributed by atoms with Crippen LogP contribution in [0.2, 0.25) is 0 Å². The molecule has 0 bridgehead atoms. The van der Waals surface area contributed by atoms with Crippen LogP contribution in [0, 0.1) is 10.8 Å². The molecule has 1 atom stereocenters. The van der Waals surface area contributed by atoms with Crippen LogP contribution in [-0.2, 0) is 19.1 Å². The molecule has 4 heteroatoms. The van der Waals surface area contributed by atoms with Crippen molar-refractivity contribution in [1.82, 2.24) is 0 Å². The molecule has 0 spiro atoms. The summed E-state index contributed by atoms with van der Waals surface area (Å²) in [5.74, 6) is -0.144. The number of carbonyl (C=O) groups excluding carboxylic acids is 3. The smallest absolute Gasteiger partial charge is 0.306 e. The Balaban J connectivity index is 1.96. The zero-order valence-corrected chi connectivity index (χ0v) is 31.3. The monoisotopic (exact) mass is 650 g/mol. The van der Waals surface area contributed by atoms with Gasteiger partial charge in [-0.3, -0.25) is 14.4 Å². The number of hydrogen-bond donors (Lipinski definition) is 0. The van der Waals surface area contributed by atoms with Crippen LogP contribution in [0.1, 0.15) is 108 Å². The molecule has 258 valence electrons. The Morgan fingerprint density at radius 1 is 0.708 bits per heavy atom. The second kappa shape index (κ2) is 18.5. The Labute approximate surface area is 290 Å². The van der Waals surface area contributed by atoms with Crippen LogP contribution in [0.5, 0.6) is 0 Å². The Bertz CT molecular complexity index is 1560. The highest BCUT2D eigenvalue weighted by atomic mass is 16.5. The predicted octanol–water partition coefficient (Wildman–Crippen LogP) is 11.3. The van der Waals surface area contributed by atoms with Gasteiger partial charge in [0.1, 0.15) is 0 Å². The van der Waals surface area contributed by atoms with E-state index in [1.165, 1.54) is 0 Å². The number of esters is 1. The van der Waals surface area contributed by atoms with Crippen LogP contribution in [0.25, 0.3) is 0 Å². The van der Waals surface area contributed by atoms with E-state index in [1.54, 1.807) is 0 Å². The van der Waals surface area contributed by atoms with E-state index in [1.807, 2.05) is 64.2 Å². The van der Waals surface area contributed by atoms with Crippen molar-refractivity contribution < 1.29 is 19.1 Å². The number of Topliss-reactive ketones (excluding diaryl/α,β-unsaturated/α-hetero) is 2. The third-order valence-corrected chi connectivity index (χ3v) is 9.04. The minimum absolute atomic E-state index is 0.0270. The summed E-state index contributed by atoms with van der Waals surface area (Å²) >= 11 is 0. The Morgan fingerprint density at radius 3 is 1.67 bits per heavy atom. The van der Waals surface area contributed by atoms with Crippen molar-refractivity contribution in [2.45, 2.75) is 114 Å². The molecule has 0 fully saturated rings. The molecule has 2 rings (SSSR count). The van der Waals surface area contributed by atoms with Gasteiger partial charge in [-0.05, 0) is 87.5 Å². The third-order valence-electron chi connectivity index (χ3n) is 9.04. The van der Waals surface area contributed by atoms with Gasteiger partial charge in [-0.1, -0.05) is 142 Å². The number of hydrogen-bond acceptors (Lipinski definition) is 4. The van der Waals surface area contributed by atoms with Crippen molar-refractivity contribution in [2.24, 2.45) is 10.8 Å². The molecule has 0 aromatic heterocycles. The molecular formula is C44H58O4. The molecule has 0 heterocycles. The van der Waals surface area contributed by atoms with Crippen molar-refractivity contribution in [3.05, 3.63) is 130 Å². The fourth-order valence-corrected chi connectivity index (χ4v) is 5.94. The van der Waals surface area contributed by atoms with Crippen LogP contribution in [0.3, 0.4) is 0 Å². The number of ether oxygens (including phenoxy) is 1. The lowest BCUT2D eigenvalue weighted by molar-refractivity contribution is -0.156. The lowest BCUT2D eigenvalue weighted by atomic mass is 9.71. The second-order valence-electron chi connectivity index (χ2n) is 14.5. The lowest BCUT2D eigenvalue weighted by Crippen LogP contribution is -2.38. The summed E-state index contributed by atoms with van der Waals surface area (Å²) in [5.41, 5.74) is 7.91. The van der Waals surface area contributed by atoms with Gasteiger partial charge in [0.25, 0.3) is 0 Å². The standard InChI is InChI=1S/C44H58O4/c1-12-17-41(46)48-40-30-44(10,11)38(36(7)42(40)47)27-25-34(5)23-16-21-32(3)19-14-13-18-31(2)20-15-22-33(4)24-26-37-35(6)39(45)28-29-43(37,8)9/h13-16,18-27,40H,12,17,28-30H2,1-11H3/b14-13+,20-15+,21-16+,26-24+,27-25+,31-18+,32-19+,33-22+,34-23+. The van der Waals surface area contributed by atoms with Crippen molar-refractivity contribution in [2.75, 3.05) is 0 Å². The minimum Gasteiger partial charge on any atom is -0.454 e. The van der Waals surface area contributed by atoms with E-state index in [0.717, 1.165) is 45.4 Å². The highest BCUT2D eigenvalue weighted by Crippen LogP contribution is 2.41. The zero-order chi connectivity index (χ0) is 36.1. The van der Waals surface area contributed by atoms with Crippen molar-refractivity contribution >= 4 is 17.5 Å². The molecule has 0 radical (unpaired) electrons. The average Bonchev–Trinajstić information content (AvgIpc) is 2.99. The molecule has 0 aromatic rings. The second-order valence-corrected chi connectivity index (χ2v) is 14.5.